The lowest BCUT2D eigenvalue weighted by Gasteiger charge is -2.16. The first-order chi connectivity index (χ1) is 9.47. The highest BCUT2D eigenvalue weighted by Crippen LogP contribution is 2.34. The Morgan fingerprint density at radius 1 is 1.25 bits per heavy atom. The number of carboxylic acid groups (broad SMARTS) is 1. The van der Waals surface area contributed by atoms with Crippen LogP contribution in [0.4, 0.5) is 10.5 Å². The van der Waals surface area contributed by atoms with E-state index in [0.29, 0.717) is 11.0 Å². The molecule has 7 nitrogen and oxygen atoms in total. The minimum atomic E-state index is -1.19. The number of rotatable bonds is 3. The van der Waals surface area contributed by atoms with Crippen molar-refractivity contribution in [2.24, 2.45) is 0 Å². The molecule has 0 radical (unpaired) electrons. The Bertz CT molecular complexity index is 664. The first-order valence-corrected chi connectivity index (χ1v) is 5.77. The van der Waals surface area contributed by atoms with E-state index in [-0.39, 0.29) is 11.4 Å². The number of para-hydroxylation sites is 1. The summed E-state index contributed by atoms with van der Waals surface area (Å²) in [5.41, 5.74) is 0.630. The lowest BCUT2D eigenvalue weighted by Crippen LogP contribution is -2.29. The summed E-state index contributed by atoms with van der Waals surface area (Å²) in [6.07, 6.45) is -1.19. The van der Waals surface area contributed by atoms with Crippen molar-refractivity contribution >= 4 is 28.7 Å². The minimum Gasteiger partial charge on any atom is -0.465 e. The van der Waals surface area contributed by atoms with Gasteiger partial charge in [-0.15, -0.1) is 0 Å². The number of nitrogens with zero attached hydrogens (tertiary/aromatic N) is 2. The van der Waals surface area contributed by atoms with Crippen molar-refractivity contribution in [2.45, 2.75) is 0 Å². The Balaban J connectivity index is 2.67. The Hall–Kier alpha value is -2.54. The molecule has 0 unspecified atom stereocenters. The van der Waals surface area contributed by atoms with Crippen molar-refractivity contribution in [3.63, 3.8) is 0 Å². The highest BCUT2D eigenvalue weighted by atomic mass is 16.7. The summed E-state index contributed by atoms with van der Waals surface area (Å²) in [5, 5.41) is 10.7. The Labute approximate surface area is 114 Å². The van der Waals surface area contributed by atoms with E-state index >= 15 is 0 Å². The summed E-state index contributed by atoms with van der Waals surface area (Å²) in [7, 11) is 4.10. The maximum atomic E-state index is 12.2. The fraction of sp³-hybridized carbons (Fsp3) is 0.231. The van der Waals surface area contributed by atoms with Gasteiger partial charge in [-0.25, -0.2) is 9.86 Å². The molecule has 20 heavy (non-hydrogen) atoms. The number of anilines is 1. The highest BCUT2D eigenvalue weighted by Gasteiger charge is 2.28. The quantitative estimate of drug-likeness (QED) is 0.870. The molecule has 0 spiro atoms. The fourth-order valence-electron chi connectivity index (χ4n) is 1.83. The van der Waals surface area contributed by atoms with Gasteiger partial charge in [-0.2, -0.15) is 0 Å². The third-order valence-corrected chi connectivity index (χ3v) is 2.95. The van der Waals surface area contributed by atoms with Crippen LogP contribution in [0.3, 0.4) is 0 Å². The zero-order valence-electron chi connectivity index (χ0n) is 11.3. The van der Waals surface area contributed by atoms with E-state index in [2.05, 4.69) is 0 Å². The third kappa shape index (κ3) is 2.19. The fourth-order valence-corrected chi connectivity index (χ4v) is 1.83. The molecule has 1 N–H and O–H groups in total. The van der Waals surface area contributed by atoms with E-state index in [9.17, 15) is 9.59 Å². The number of amides is 2. The molecule has 1 heterocycles. The first kappa shape index (κ1) is 13.9. The SMILES string of the molecule is CON(C)C(=O)c1oc2ccccc2c1N(C)C(=O)O. The van der Waals surface area contributed by atoms with Crippen LogP contribution < -0.4 is 4.90 Å². The van der Waals surface area contributed by atoms with Gasteiger partial charge in [0.15, 0.2) is 0 Å². The number of carbonyl (C=O) groups excluding carboxylic acids is 1. The smallest absolute Gasteiger partial charge is 0.411 e. The second-order valence-electron chi connectivity index (χ2n) is 4.10. The third-order valence-electron chi connectivity index (χ3n) is 2.95. The lowest BCUT2D eigenvalue weighted by atomic mass is 10.2. The zero-order valence-corrected chi connectivity index (χ0v) is 11.3. The van der Waals surface area contributed by atoms with Crippen molar-refractivity contribution in [3.05, 3.63) is 30.0 Å². The van der Waals surface area contributed by atoms with Gasteiger partial charge < -0.3 is 9.52 Å². The minimum absolute atomic E-state index is 0.0829. The molecular weight excluding hydrogens is 264 g/mol. The van der Waals surface area contributed by atoms with E-state index < -0.39 is 12.0 Å². The average molecular weight is 278 g/mol. The Kier molecular flexibility index (Phi) is 3.62. The van der Waals surface area contributed by atoms with Crippen LogP contribution in [0.2, 0.25) is 0 Å². The van der Waals surface area contributed by atoms with E-state index in [1.165, 1.54) is 21.2 Å². The van der Waals surface area contributed by atoms with Gasteiger partial charge >= 0.3 is 12.0 Å². The second kappa shape index (κ2) is 5.22. The molecule has 106 valence electrons. The van der Waals surface area contributed by atoms with Crippen LogP contribution in [0.5, 0.6) is 0 Å². The van der Waals surface area contributed by atoms with Crippen molar-refractivity contribution in [2.75, 3.05) is 26.1 Å². The van der Waals surface area contributed by atoms with Crippen molar-refractivity contribution in [3.8, 4) is 0 Å². The maximum absolute atomic E-state index is 12.2. The second-order valence-corrected chi connectivity index (χ2v) is 4.10. The van der Waals surface area contributed by atoms with Crippen LogP contribution in [-0.4, -0.2) is 43.4 Å². The molecule has 0 aliphatic rings. The number of furan rings is 1. The molecule has 7 heteroatoms. The van der Waals surface area contributed by atoms with Crippen LogP contribution in [0, 0.1) is 0 Å². The topological polar surface area (TPSA) is 83.2 Å². The van der Waals surface area contributed by atoms with E-state index in [1.54, 1.807) is 24.3 Å². The van der Waals surface area contributed by atoms with Gasteiger partial charge in [0.05, 0.1) is 7.11 Å². The predicted octanol–water partition coefficient (Wildman–Crippen LogP) is 2.18. The summed E-state index contributed by atoms with van der Waals surface area (Å²) in [6, 6.07) is 6.84. The van der Waals surface area contributed by atoms with Crippen LogP contribution in [0.15, 0.2) is 28.7 Å². The molecule has 0 fully saturated rings. The van der Waals surface area contributed by atoms with Gasteiger partial charge in [0.25, 0.3) is 0 Å². The molecule has 2 aromatic rings. The summed E-state index contributed by atoms with van der Waals surface area (Å²) >= 11 is 0. The normalized spacial score (nSPS) is 10.6. The van der Waals surface area contributed by atoms with Gasteiger partial charge in [-0.05, 0) is 12.1 Å². The Morgan fingerprint density at radius 2 is 1.90 bits per heavy atom. The monoisotopic (exact) mass is 278 g/mol. The van der Waals surface area contributed by atoms with Gasteiger partial charge in [0.2, 0.25) is 5.76 Å². The van der Waals surface area contributed by atoms with Crippen LogP contribution >= 0.6 is 0 Å². The molecular formula is C13H14N2O5. The van der Waals surface area contributed by atoms with Gasteiger partial charge in [-0.1, -0.05) is 12.1 Å². The summed E-state index contributed by atoms with van der Waals surface area (Å²) < 4.78 is 5.48. The van der Waals surface area contributed by atoms with Crippen molar-refractivity contribution < 1.29 is 24.0 Å². The predicted molar refractivity (Wildman–Crippen MR) is 71.7 cm³/mol. The molecule has 0 saturated carbocycles. The van der Waals surface area contributed by atoms with Crippen LogP contribution in [-0.2, 0) is 4.84 Å². The molecule has 0 bridgehead atoms. The molecule has 2 rings (SSSR count). The molecule has 2 amide bonds. The average Bonchev–Trinajstić information content (AvgIpc) is 2.83. The Morgan fingerprint density at radius 3 is 2.50 bits per heavy atom. The molecule has 0 aliphatic carbocycles. The number of hydroxylamine groups is 2. The number of hydrogen-bond acceptors (Lipinski definition) is 4. The number of fused-ring (bicyclic) bond motifs is 1. The largest absolute Gasteiger partial charge is 0.465 e. The number of carbonyl (C=O) groups is 2. The van der Waals surface area contributed by atoms with Gasteiger partial charge in [-0.3, -0.25) is 14.5 Å². The molecule has 0 aliphatic heterocycles. The molecule has 1 aromatic carbocycles. The standard InChI is InChI=1S/C13H14N2O5/c1-14(13(17)18)10-8-6-4-5-7-9(8)20-11(10)12(16)15(2)19-3/h4-7H,1-3H3,(H,17,18). The van der Waals surface area contributed by atoms with Gasteiger partial charge in [0.1, 0.15) is 11.3 Å². The first-order valence-electron chi connectivity index (χ1n) is 5.77. The van der Waals surface area contributed by atoms with E-state index in [0.717, 1.165) is 9.96 Å². The summed E-state index contributed by atoms with van der Waals surface area (Å²) in [5.74, 6) is -0.646. The maximum Gasteiger partial charge on any atom is 0.411 e. The van der Waals surface area contributed by atoms with E-state index in [4.69, 9.17) is 14.4 Å². The zero-order chi connectivity index (χ0) is 14.9. The van der Waals surface area contributed by atoms with E-state index in [1.807, 2.05) is 0 Å². The van der Waals surface area contributed by atoms with Crippen molar-refractivity contribution in [1.29, 1.82) is 0 Å². The number of hydrogen-bond donors (Lipinski definition) is 1. The highest BCUT2D eigenvalue weighted by molar-refractivity contribution is 6.10. The molecule has 1 aromatic heterocycles. The lowest BCUT2D eigenvalue weighted by molar-refractivity contribution is -0.0771. The number of benzene rings is 1. The van der Waals surface area contributed by atoms with Crippen LogP contribution in [0.25, 0.3) is 11.0 Å². The molecule has 0 saturated heterocycles. The van der Waals surface area contributed by atoms with Crippen molar-refractivity contribution in [1.82, 2.24) is 5.06 Å². The van der Waals surface area contributed by atoms with Gasteiger partial charge in [0, 0.05) is 19.5 Å². The van der Waals surface area contributed by atoms with Crippen LogP contribution in [0.1, 0.15) is 10.6 Å². The summed E-state index contributed by atoms with van der Waals surface area (Å²) in [4.78, 5) is 29.1. The molecule has 0 atom stereocenters. The summed E-state index contributed by atoms with van der Waals surface area (Å²) in [6.45, 7) is 0.